The number of hydrogen-bond donors (Lipinski definition) is 1. The summed E-state index contributed by atoms with van der Waals surface area (Å²) in [6.07, 6.45) is 0. The number of nitro groups is 1. The highest BCUT2D eigenvalue weighted by Crippen LogP contribution is 2.38. The standard InChI is InChI=1S/C19H13N3O6/c1-19(25)12-6-14-16-10(7-21(14)17(23)11(12)8-28-18(19)24)5-9-3-2-4-13(22(26)27)15(9)20-16/h2-6,25H,7-8H2,1H3/t19-/m0/s1. The van der Waals surface area contributed by atoms with Crippen LogP contribution in [0.5, 0.6) is 0 Å². The molecule has 2 aliphatic heterocycles. The van der Waals surface area contributed by atoms with Gasteiger partial charge in [-0.05, 0) is 19.1 Å². The average Bonchev–Trinajstić information content (AvgIpc) is 3.01. The van der Waals surface area contributed by atoms with E-state index >= 15 is 0 Å². The van der Waals surface area contributed by atoms with Gasteiger partial charge in [0.2, 0.25) is 0 Å². The molecule has 0 fully saturated rings. The molecule has 0 unspecified atom stereocenters. The number of para-hydroxylation sites is 1. The maximum atomic E-state index is 13.0. The van der Waals surface area contributed by atoms with Crippen LogP contribution >= 0.6 is 0 Å². The second-order valence-electron chi connectivity index (χ2n) is 7.06. The lowest BCUT2D eigenvalue weighted by atomic mass is 9.90. The van der Waals surface area contributed by atoms with Gasteiger partial charge in [-0.3, -0.25) is 14.9 Å². The second-order valence-corrected chi connectivity index (χ2v) is 7.06. The van der Waals surface area contributed by atoms with Crippen molar-refractivity contribution in [2.45, 2.75) is 25.7 Å². The van der Waals surface area contributed by atoms with Crippen LogP contribution in [0.25, 0.3) is 22.3 Å². The zero-order chi connectivity index (χ0) is 19.8. The fourth-order valence-corrected chi connectivity index (χ4v) is 3.89. The number of benzene rings is 1. The van der Waals surface area contributed by atoms with Crippen molar-refractivity contribution in [3.8, 4) is 11.4 Å². The number of nitro benzene ring substituents is 1. The molecular weight excluding hydrogens is 366 g/mol. The Labute approximate surface area is 157 Å². The lowest BCUT2D eigenvalue weighted by Crippen LogP contribution is -2.42. The van der Waals surface area contributed by atoms with Crippen LogP contribution in [0.2, 0.25) is 0 Å². The Balaban J connectivity index is 1.82. The number of esters is 1. The second kappa shape index (κ2) is 5.23. The van der Waals surface area contributed by atoms with Crippen molar-refractivity contribution in [1.82, 2.24) is 9.55 Å². The molecule has 2 aliphatic rings. The van der Waals surface area contributed by atoms with Crippen LogP contribution in [-0.2, 0) is 28.3 Å². The van der Waals surface area contributed by atoms with Crippen molar-refractivity contribution >= 4 is 22.6 Å². The number of aliphatic hydroxyl groups is 1. The summed E-state index contributed by atoms with van der Waals surface area (Å²) in [4.78, 5) is 40.2. The number of fused-ring (bicyclic) bond motifs is 5. The smallest absolute Gasteiger partial charge is 0.342 e. The number of aromatic nitrogens is 2. The van der Waals surface area contributed by atoms with Gasteiger partial charge in [-0.1, -0.05) is 12.1 Å². The van der Waals surface area contributed by atoms with Gasteiger partial charge in [0.25, 0.3) is 11.2 Å². The number of non-ortho nitro benzene ring substituents is 1. The van der Waals surface area contributed by atoms with Gasteiger partial charge < -0.3 is 14.4 Å². The number of rotatable bonds is 1. The van der Waals surface area contributed by atoms with Gasteiger partial charge in [-0.15, -0.1) is 0 Å². The molecular formula is C19H13N3O6. The van der Waals surface area contributed by atoms with Gasteiger partial charge in [-0.25, -0.2) is 9.78 Å². The fraction of sp³-hybridized carbons (Fsp3) is 0.211. The van der Waals surface area contributed by atoms with Crippen molar-refractivity contribution < 1.29 is 19.6 Å². The number of ether oxygens (including phenoxy) is 1. The summed E-state index contributed by atoms with van der Waals surface area (Å²) < 4.78 is 6.43. The summed E-state index contributed by atoms with van der Waals surface area (Å²) >= 11 is 0. The van der Waals surface area contributed by atoms with Gasteiger partial charge in [0.15, 0.2) is 5.60 Å². The molecule has 0 amide bonds. The first-order chi connectivity index (χ1) is 13.3. The molecule has 140 valence electrons. The van der Waals surface area contributed by atoms with Crippen molar-refractivity contribution in [3.63, 3.8) is 0 Å². The van der Waals surface area contributed by atoms with Gasteiger partial charge in [0.1, 0.15) is 12.1 Å². The molecule has 9 nitrogen and oxygen atoms in total. The van der Waals surface area contributed by atoms with Crippen molar-refractivity contribution in [2.24, 2.45) is 0 Å². The van der Waals surface area contributed by atoms with Crippen LogP contribution in [0, 0.1) is 10.1 Å². The van der Waals surface area contributed by atoms with Crippen LogP contribution in [0.4, 0.5) is 5.69 Å². The molecule has 0 saturated carbocycles. The van der Waals surface area contributed by atoms with Crippen molar-refractivity contribution in [3.05, 3.63) is 67.5 Å². The highest BCUT2D eigenvalue weighted by Gasteiger charge is 2.43. The molecule has 0 aliphatic carbocycles. The van der Waals surface area contributed by atoms with Gasteiger partial charge in [0.05, 0.1) is 28.4 Å². The molecule has 1 N–H and O–H groups in total. The van der Waals surface area contributed by atoms with Crippen LogP contribution in [0.15, 0.2) is 35.1 Å². The van der Waals surface area contributed by atoms with E-state index in [0.717, 1.165) is 5.56 Å². The van der Waals surface area contributed by atoms with E-state index in [9.17, 15) is 24.8 Å². The topological polar surface area (TPSA) is 125 Å². The van der Waals surface area contributed by atoms with E-state index in [4.69, 9.17) is 4.74 Å². The van der Waals surface area contributed by atoms with E-state index in [-0.39, 0.29) is 41.0 Å². The number of nitrogens with zero attached hydrogens (tertiary/aromatic N) is 3. The van der Waals surface area contributed by atoms with E-state index in [1.165, 1.54) is 17.6 Å². The Hall–Kier alpha value is -3.59. The molecule has 0 saturated heterocycles. The maximum Gasteiger partial charge on any atom is 0.342 e. The van der Waals surface area contributed by atoms with Crippen molar-refractivity contribution in [1.29, 1.82) is 0 Å². The van der Waals surface area contributed by atoms with E-state index in [1.807, 2.05) is 0 Å². The summed E-state index contributed by atoms with van der Waals surface area (Å²) in [5.74, 6) is -0.829. The zero-order valence-corrected chi connectivity index (χ0v) is 14.6. The van der Waals surface area contributed by atoms with E-state index in [0.29, 0.717) is 16.8 Å². The van der Waals surface area contributed by atoms with Crippen LogP contribution in [-0.4, -0.2) is 25.6 Å². The minimum Gasteiger partial charge on any atom is -0.458 e. The lowest BCUT2D eigenvalue weighted by molar-refractivity contribution is -0.383. The fourth-order valence-electron chi connectivity index (χ4n) is 3.89. The first-order valence-electron chi connectivity index (χ1n) is 8.53. The van der Waals surface area contributed by atoms with Gasteiger partial charge in [-0.2, -0.15) is 0 Å². The maximum absolute atomic E-state index is 13.0. The Bertz CT molecular complexity index is 1290. The van der Waals surface area contributed by atoms with Gasteiger partial charge in [0, 0.05) is 22.6 Å². The first-order valence-corrected chi connectivity index (χ1v) is 8.53. The monoisotopic (exact) mass is 379 g/mol. The normalized spacial score (nSPS) is 19.7. The van der Waals surface area contributed by atoms with E-state index in [1.54, 1.807) is 24.3 Å². The van der Waals surface area contributed by atoms with Gasteiger partial charge >= 0.3 is 5.97 Å². The molecule has 3 aromatic rings. The Morgan fingerprint density at radius 3 is 2.86 bits per heavy atom. The highest BCUT2D eigenvalue weighted by atomic mass is 16.6. The third kappa shape index (κ3) is 2.01. The molecule has 1 aromatic carbocycles. The first kappa shape index (κ1) is 16.6. The summed E-state index contributed by atoms with van der Waals surface area (Å²) in [6.45, 7) is 1.32. The molecule has 0 bridgehead atoms. The molecule has 2 aromatic heterocycles. The Kier molecular flexibility index (Phi) is 3.10. The summed E-state index contributed by atoms with van der Waals surface area (Å²) in [6, 6.07) is 8.01. The minimum atomic E-state index is -1.95. The zero-order valence-electron chi connectivity index (χ0n) is 14.6. The summed E-state index contributed by atoms with van der Waals surface area (Å²) in [5.41, 5.74) is -0.269. The highest BCUT2D eigenvalue weighted by molar-refractivity contribution is 5.91. The number of carbonyl (C=O) groups is 1. The SMILES string of the molecule is C[C@@]1(O)C(=O)OCc2c1cc1n(c2=O)Cc2cc3cccc([N+](=O)[O-])c3nc2-1. The summed E-state index contributed by atoms with van der Waals surface area (Å²) in [7, 11) is 0. The molecule has 28 heavy (non-hydrogen) atoms. The number of carbonyl (C=O) groups excluding carboxylic acids is 1. The van der Waals surface area contributed by atoms with E-state index in [2.05, 4.69) is 4.98 Å². The van der Waals surface area contributed by atoms with Crippen LogP contribution < -0.4 is 5.56 Å². The molecule has 0 spiro atoms. The largest absolute Gasteiger partial charge is 0.458 e. The van der Waals surface area contributed by atoms with Crippen molar-refractivity contribution in [2.75, 3.05) is 0 Å². The predicted octanol–water partition coefficient (Wildman–Crippen LogP) is 1.60. The summed E-state index contributed by atoms with van der Waals surface area (Å²) in [5, 5.41) is 22.5. The average molecular weight is 379 g/mol. The van der Waals surface area contributed by atoms with Crippen LogP contribution in [0.3, 0.4) is 0 Å². The third-order valence-electron chi connectivity index (χ3n) is 5.34. The third-order valence-corrected chi connectivity index (χ3v) is 5.34. The van der Waals surface area contributed by atoms with Crippen LogP contribution in [0.1, 0.15) is 23.6 Å². The predicted molar refractivity (Wildman–Crippen MR) is 96.6 cm³/mol. The molecule has 0 radical (unpaired) electrons. The number of pyridine rings is 2. The number of hydrogen-bond acceptors (Lipinski definition) is 7. The lowest BCUT2D eigenvalue weighted by Gasteiger charge is -2.29. The Morgan fingerprint density at radius 1 is 1.32 bits per heavy atom. The van der Waals surface area contributed by atoms with E-state index < -0.39 is 16.5 Å². The minimum absolute atomic E-state index is 0.130. The number of cyclic esters (lactones) is 1. The molecule has 4 heterocycles. The Morgan fingerprint density at radius 2 is 2.11 bits per heavy atom. The molecule has 9 heteroatoms. The molecule has 1 atom stereocenters. The molecule has 5 rings (SSSR count). The quantitative estimate of drug-likeness (QED) is 0.302.